The molecule has 0 spiro atoms. The molecule has 0 radical (unpaired) electrons. The van der Waals surface area contributed by atoms with Crippen LogP contribution in [0.5, 0.6) is 0 Å². The lowest BCUT2D eigenvalue weighted by atomic mass is 10.0. The lowest BCUT2D eigenvalue weighted by Crippen LogP contribution is -2.38. The van der Waals surface area contributed by atoms with Crippen LogP contribution in [0.2, 0.25) is 0 Å². The second kappa shape index (κ2) is 6.02. The van der Waals surface area contributed by atoms with Crippen LogP contribution >= 0.6 is 0 Å². The van der Waals surface area contributed by atoms with E-state index in [1.165, 1.54) is 12.8 Å². The van der Waals surface area contributed by atoms with Crippen LogP contribution in [-0.2, 0) is 0 Å². The van der Waals surface area contributed by atoms with E-state index in [-0.39, 0.29) is 11.9 Å². The molecule has 0 aromatic heterocycles. The van der Waals surface area contributed by atoms with Gasteiger partial charge in [0.15, 0.2) is 0 Å². The van der Waals surface area contributed by atoms with Gasteiger partial charge in [-0.2, -0.15) is 0 Å². The maximum absolute atomic E-state index is 14.1. The molecule has 1 aliphatic carbocycles. The number of halogens is 1. The topological polar surface area (TPSA) is 29.3 Å². The fraction of sp³-hybridized carbons (Fsp3) is 0.625. The summed E-state index contributed by atoms with van der Waals surface area (Å²) in [6, 6.07) is 5.93. The fourth-order valence-electron chi connectivity index (χ4n) is 2.72. The third kappa shape index (κ3) is 3.54. The van der Waals surface area contributed by atoms with Gasteiger partial charge in [-0.1, -0.05) is 31.5 Å². The summed E-state index contributed by atoms with van der Waals surface area (Å²) in [5.74, 6) is 0.443. The van der Waals surface area contributed by atoms with Crippen LogP contribution in [0.1, 0.15) is 43.9 Å². The largest absolute Gasteiger partial charge is 0.329 e. The summed E-state index contributed by atoms with van der Waals surface area (Å²) in [6.07, 6.45) is 2.44. The third-order valence-corrected chi connectivity index (χ3v) is 3.73. The van der Waals surface area contributed by atoms with E-state index in [9.17, 15) is 4.39 Å². The van der Waals surface area contributed by atoms with Crippen molar-refractivity contribution in [3.8, 4) is 0 Å². The normalized spacial score (nSPS) is 17.2. The van der Waals surface area contributed by atoms with Crippen LogP contribution < -0.4 is 5.73 Å². The Morgan fingerprint density at radius 1 is 1.37 bits per heavy atom. The van der Waals surface area contributed by atoms with Gasteiger partial charge in [0.25, 0.3) is 0 Å². The summed E-state index contributed by atoms with van der Waals surface area (Å²) in [5, 5.41) is 0. The number of aryl methyl sites for hydroxylation is 1. The van der Waals surface area contributed by atoms with Crippen molar-refractivity contribution in [2.45, 2.75) is 45.7 Å². The van der Waals surface area contributed by atoms with Crippen molar-refractivity contribution in [2.24, 2.45) is 11.7 Å². The molecule has 0 bridgehead atoms. The summed E-state index contributed by atoms with van der Waals surface area (Å²) >= 11 is 0. The Morgan fingerprint density at radius 2 is 2.05 bits per heavy atom. The quantitative estimate of drug-likeness (QED) is 0.854. The molecule has 1 unspecified atom stereocenters. The van der Waals surface area contributed by atoms with Crippen LogP contribution in [0.25, 0.3) is 0 Å². The molecule has 2 N–H and O–H groups in total. The van der Waals surface area contributed by atoms with E-state index >= 15 is 0 Å². The second-order valence-electron chi connectivity index (χ2n) is 6.10. The summed E-state index contributed by atoms with van der Waals surface area (Å²) in [4.78, 5) is 2.41. The molecule has 1 aliphatic rings. The van der Waals surface area contributed by atoms with E-state index in [1.54, 1.807) is 6.07 Å². The van der Waals surface area contributed by atoms with Crippen molar-refractivity contribution in [1.82, 2.24) is 4.90 Å². The molecule has 1 aromatic carbocycles. The molecule has 19 heavy (non-hydrogen) atoms. The standard InChI is InChI=1S/C16H25FN2/c1-11(2)10-19(13-5-6-13)16(9-18)14-8-12(3)4-7-15(14)17/h4,7-8,11,13,16H,5-6,9-10,18H2,1-3H3. The van der Waals surface area contributed by atoms with E-state index in [1.807, 2.05) is 19.1 Å². The van der Waals surface area contributed by atoms with Crippen molar-refractivity contribution in [2.75, 3.05) is 13.1 Å². The molecule has 1 fully saturated rings. The average Bonchev–Trinajstić information content (AvgIpc) is 3.16. The van der Waals surface area contributed by atoms with E-state index in [0.717, 1.165) is 17.7 Å². The molecular formula is C16H25FN2. The Bertz CT molecular complexity index is 427. The van der Waals surface area contributed by atoms with Crippen molar-refractivity contribution in [1.29, 1.82) is 0 Å². The fourth-order valence-corrected chi connectivity index (χ4v) is 2.72. The van der Waals surface area contributed by atoms with Crippen molar-refractivity contribution >= 4 is 0 Å². The lowest BCUT2D eigenvalue weighted by molar-refractivity contribution is 0.166. The average molecular weight is 264 g/mol. The molecule has 0 aliphatic heterocycles. The smallest absolute Gasteiger partial charge is 0.128 e. The number of hydrogen-bond donors (Lipinski definition) is 1. The summed E-state index contributed by atoms with van der Waals surface area (Å²) in [6.45, 7) is 7.87. The van der Waals surface area contributed by atoms with Crippen LogP contribution in [0.15, 0.2) is 18.2 Å². The first-order valence-electron chi connectivity index (χ1n) is 7.24. The molecule has 2 nitrogen and oxygen atoms in total. The highest BCUT2D eigenvalue weighted by Crippen LogP contribution is 2.35. The van der Waals surface area contributed by atoms with Gasteiger partial charge < -0.3 is 5.73 Å². The predicted octanol–water partition coefficient (Wildman–Crippen LogP) is 3.25. The van der Waals surface area contributed by atoms with E-state index in [2.05, 4.69) is 18.7 Å². The van der Waals surface area contributed by atoms with Gasteiger partial charge in [0, 0.05) is 24.7 Å². The zero-order valence-corrected chi connectivity index (χ0v) is 12.2. The Labute approximate surface area is 115 Å². The molecule has 0 heterocycles. The molecule has 3 heteroatoms. The number of nitrogens with zero attached hydrogens (tertiary/aromatic N) is 1. The molecule has 106 valence electrons. The first kappa shape index (κ1) is 14.5. The Balaban J connectivity index is 2.28. The predicted molar refractivity (Wildman–Crippen MR) is 77.5 cm³/mol. The number of benzene rings is 1. The van der Waals surface area contributed by atoms with Crippen LogP contribution in [0.4, 0.5) is 4.39 Å². The monoisotopic (exact) mass is 264 g/mol. The number of hydrogen-bond acceptors (Lipinski definition) is 2. The van der Waals surface area contributed by atoms with Crippen LogP contribution in [0, 0.1) is 18.7 Å². The van der Waals surface area contributed by atoms with E-state index in [0.29, 0.717) is 18.5 Å². The molecule has 0 amide bonds. The van der Waals surface area contributed by atoms with Crippen molar-refractivity contribution in [3.63, 3.8) is 0 Å². The van der Waals surface area contributed by atoms with Crippen molar-refractivity contribution in [3.05, 3.63) is 35.1 Å². The zero-order chi connectivity index (χ0) is 14.0. The summed E-state index contributed by atoms with van der Waals surface area (Å²) in [5.41, 5.74) is 7.81. The summed E-state index contributed by atoms with van der Waals surface area (Å²) < 4.78 is 14.1. The van der Waals surface area contributed by atoms with Crippen LogP contribution in [-0.4, -0.2) is 24.0 Å². The van der Waals surface area contributed by atoms with Gasteiger partial charge in [-0.3, -0.25) is 4.90 Å². The van der Waals surface area contributed by atoms with Gasteiger partial charge in [-0.25, -0.2) is 4.39 Å². The molecular weight excluding hydrogens is 239 g/mol. The molecule has 1 aromatic rings. The van der Waals surface area contributed by atoms with Gasteiger partial charge in [0.1, 0.15) is 5.82 Å². The highest BCUT2D eigenvalue weighted by atomic mass is 19.1. The lowest BCUT2D eigenvalue weighted by Gasteiger charge is -2.33. The van der Waals surface area contributed by atoms with E-state index in [4.69, 9.17) is 5.73 Å². The van der Waals surface area contributed by atoms with Crippen molar-refractivity contribution < 1.29 is 4.39 Å². The molecule has 1 atom stereocenters. The van der Waals surface area contributed by atoms with Gasteiger partial charge in [-0.05, 0) is 31.7 Å². The number of nitrogens with two attached hydrogens (primary N) is 1. The maximum atomic E-state index is 14.1. The van der Waals surface area contributed by atoms with Crippen LogP contribution in [0.3, 0.4) is 0 Å². The highest BCUT2D eigenvalue weighted by Gasteiger charge is 2.35. The minimum Gasteiger partial charge on any atom is -0.329 e. The molecule has 0 saturated heterocycles. The second-order valence-corrected chi connectivity index (χ2v) is 6.10. The first-order chi connectivity index (χ1) is 9.02. The minimum absolute atomic E-state index is 0.00907. The maximum Gasteiger partial charge on any atom is 0.128 e. The Morgan fingerprint density at radius 3 is 2.58 bits per heavy atom. The van der Waals surface area contributed by atoms with Gasteiger partial charge in [0.2, 0.25) is 0 Å². The third-order valence-electron chi connectivity index (χ3n) is 3.73. The molecule has 2 rings (SSSR count). The number of rotatable bonds is 6. The van der Waals surface area contributed by atoms with Gasteiger partial charge >= 0.3 is 0 Å². The van der Waals surface area contributed by atoms with Gasteiger partial charge in [-0.15, -0.1) is 0 Å². The summed E-state index contributed by atoms with van der Waals surface area (Å²) in [7, 11) is 0. The molecule has 1 saturated carbocycles. The Hall–Kier alpha value is -0.930. The minimum atomic E-state index is -0.129. The van der Waals surface area contributed by atoms with E-state index < -0.39 is 0 Å². The SMILES string of the molecule is Cc1ccc(F)c(C(CN)N(CC(C)C)C2CC2)c1. The van der Waals surface area contributed by atoms with Gasteiger partial charge in [0.05, 0.1) is 6.04 Å². The zero-order valence-electron chi connectivity index (χ0n) is 12.2. The Kier molecular flexibility index (Phi) is 4.58. The highest BCUT2D eigenvalue weighted by molar-refractivity contribution is 5.27. The first-order valence-corrected chi connectivity index (χ1v) is 7.24.